The highest BCUT2D eigenvalue weighted by Gasteiger charge is 2.18. The van der Waals surface area contributed by atoms with Crippen molar-refractivity contribution < 1.29 is 14.8 Å². The third kappa shape index (κ3) is 2.41. The zero-order chi connectivity index (χ0) is 14.2. The Morgan fingerprint density at radius 3 is 2.84 bits per heavy atom. The molecule has 1 aromatic carbocycles. The minimum absolute atomic E-state index is 0.0309. The number of fused-ring (bicyclic) bond motifs is 1. The number of non-ortho nitro benzene ring substituents is 1. The van der Waals surface area contributed by atoms with E-state index in [1.165, 1.54) is 12.1 Å². The Morgan fingerprint density at radius 1 is 1.58 bits per heavy atom. The van der Waals surface area contributed by atoms with E-state index in [9.17, 15) is 14.9 Å². The number of carboxylic acids is 1. The summed E-state index contributed by atoms with van der Waals surface area (Å²) in [6, 6.07) is 3.41. The average Bonchev–Trinajstić information content (AvgIpc) is 2.65. The first-order valence-electron chi connectivity index (χ1n) is 5.64. The average molecular weight is 263 g/mol. The van der Waals surface area contributed by atoms with Crippen LogP contribution in [0.5, 0.6) is 0 Å². The van der Waals surface area contributed by atoms with Crippen molar-refractivity contribution >= 4 is 22.6 Å². The zero-order valence-corrected chi connectivity index (χ0v) is 10.2. The van der Waals surface area contributed by atoms with Gasteiger partial charge in [-0.05, 0) is 18.6 Å². The molecule has 100 valence electrons. The number of nitrogens with two attached hydrogens (primary N) is 1. The van der Waals surface area contributed by atoms with Crippen LogP contribution in [0.25, 0.3) is 10.9 Å². The number of benzene rings is 1. The minimum atomic E-state index is -1.10. The molecule has 1 heterocycles. The first-order valence-corrected chi connectivity index (χ1v) is 5.64. The van der Waals surface area contributed by atoms with Gasteiger partial charge >= 0.3 is 5.97 Å². The van der Waals surface area contributed by atoms with Crippen LogP contribution in [0.1, 0.15) is 11.3 Å². The van der Waals surface area contributed by atoms with Gasteiger partial charge in [-0.25, -0.2) is 0 Å². The Kier molecular flexibility index (Phi) is 3.22. The van der Waals surface area contributed by atoms with Gasteiger partial charge in [-0.2, -0.15) is 0 Å². The molecular formula is C12H13N3O4. The molecule has 0 aliphatic carbocycles. The van der Waals surface area contributed by atoms with Gasteiger partial charge in [-0.3, -0.25) is 14.9 Å². The van der Waals surface area contributed by atoms with E-state index in [0.717, 1.165) is 11.2 Å². The molecule has 1 aromatic heterocycles. The second kappa shape index (κ2) is 4.69. The van der Waals surface area contributed by atoms with E-state index in [2.05, 4.69) is 4.98 Å². The number of aliphatic carboxylic acids is 1. The fourth-order valence-electron chi connectivity index (χ4n) is 2.05. The first kappa shape index (κ1) is 13.0. The molecule has 1 atom stereocenters. The van der Waals surface area contributed by atoms with Crippen LogP contribution in [0.3, 0.4) is 0 Å². The number of aromatic amines is 1. The van der Waals surface area contributed by atoms with Crippen molar-refractivity contribution in [3.8, 4) is 0 Å². The van der Waals surface area contributed by atoms with E-state index in [-0.39, 0.29) is 12.1 Å². The first-order chi connectivity index (χ1) is 8.90. The summed E-state index contributed by atoms with van der Waals surface area (Å²) in [6.45, 7) is 1.79. The van der Waals surface area contributed by atoms with Crippen LogP contribution >= 0.6 is 0 Å². The second-order valence-corrected chi connectivity index (χ2v) is 4.36. The number of rotatable bonds is 4. The summed E-state index contributed by atoms with van der Waals surface area (Å²) in [5, 5.41) is 20.3. The van der Waals surface area contributed by atoms with E-state index in [4.69, 9.17) is 10.8 Å². The van der Waals surface area contributed by atoms with E-state index >= 15 is 0 Å². The monoisotopic (exact) mass is 263 g/mol. The number of carboxylic acid groups (broad SMARTS) is 1. The molecule has 0 spiro atoms. The van der Waals surface area contributed by atoms with E-state index in [0.29, 0.717) is 10.9 Å². The predicted octanol–water partition coefficient (Wildman–Crippen LogP) is 1.34. The maximum atomic E-state index is 10.8. The fraction of sp³-hybridized carbons (Fsp3) is 0.250. The molecule has 7 nitrogen and oxygen atoms in total. The SMILES string of the molecule is Cc1[nH]c2ccc([N+](=O)[O-])cc2c1CC(N)C(=O)O. The molecule has 2 rings (SSSR count). The highest BCUT2D eigenvalue weighted by atomic mass is 16.6. The second-order valence-electron chi connectivity index (χ2n) is 4.36. The summed E-state index contributed by atoms with van der Waals surface area (Å²) in [7, 11) is 0. The van der Waals surface area contributed by atoms with Crippen molar-refractivity contribution in [3.05, 3.63) is 39.6 Å². The molecule has 0 aliphatic heterocycles. The molecular weight excluding hydrogens is 250 g/mol. The van der Waals surface area contributed by atoms with Crippen LogP contribution in [0.4, 0.5) is 5.69 Å². The molecule has 1 unspecified atom stereocenters. The standard InChI is InChI=1S/C12H13N3O4/c1-6-8(5-10(13)12(16)17)9-4-7(15(18)19)2-3-11(9)14-6/h2-4,10,14H,5,13H2,1H3,(H,16,17). The number of carbonyl (C=O) groups is 1. The molecule has 2 aromatic rings. The predicted molar refractivity (Wildman–Crippen MR) is 69.0 cm³/mol. The van der Waals surface area contributed by atoms with E-state index in [1.807, 2.05) is 0 Å². The Bertz CT molecular complexity index is 662. The van der Waals surface area contributed by atoms with Crippen LogP contribution in [0, 0.1) is 17.0 Å². The maximum Gasteiger partial charge on any atom is 0.320 e. The Hall–Kier alpha value is -2.41. The molecule has 0 saturated carbocycles. The van der Waals surface area contributed by atoms with Crippen molar-refractivity contribution in [2.75, 3.05) is 0 Å². The van der Waals surface area contributed by atoms with Crippen molar-refractivity contribution in [2.24, 2.45) is 5.73 Å². The van der Waals surface area contributed by atoms with Crippen molar-refractivity contribution in [3.63, 3.8) is 0 Å². The third-order valence-electron chi connectivity index (χ3n) is 3.06. The van der Waals surface area contributed by atoms with E-state index in [1.54, 1.807) is 13.0 Å². The Labute approximate surface area is 108 Å². The van der Waals surface area contributed by atoms with Crippen LogP contribution in [0.15, 0.2) is 18.2 Å². The van der Waals surface area contributed by atoms with Gasteiger partial charge in [-0.15, -0.1) is 0 Å². The number of nitro groups is 1. The molecule has 0 fully saturated rings. The van der Waals surface area contributed by atoms with Crippen LogP contribution in [-0.4, -0.2) is 27.0 Å². The molecule has 0 saturated heterocycles. The van der Waals surface area contributed by atoms with Crippen molar-refractivity contribution in [1.29, 1.82) is 0 Å². The van der Waals surface area contributed by atoms with Crippen LogP contribution in [0.2, 0.25) is 0 Å². The highest BCUT2D eigenvalue weighted by Crippen LogP contribution is 2.27. The number of H-pyrrole nitrogens is 1. The maximum absolute atomic E-state index is 10.8. The largest absolute Gasteiger partial charge is 0.480 e. The van der Waals surface area contributed by atoms with Crippen LogP contribution < -0.4 is 5.73 Å². The molecule has 19 heavy (non-hydrogen) atoms. The van der Waals surface area contributed by atoms with Gasteiger partial charge in [0.1, 0.15) is 6.04 Å². The van der Waals surface area contributed by atoms with Gasteiger partial charge in [0, 0.05) is 35.2 Å². The molecule has 4 N–H and O–H groups in total. The Morgan fingerprint density at radius 2 is 2.26 bits per heavy atom. The number of hydrogen-bond acceptors (Lipinski definition) is 4. The summed E-state index contributed by atoms with van der Waals surface area (Å²) >= 11 is 0. The normalized spacial score (nSPS) is 12.5. The lowest BCUT2D eigenvalue weighted by Crippen LogP contribution is -2.32. The minimum Gasteiger partial charge on any atom is -0.480 e. The molecule has 0 bridgehead atoms. The zero-order valence-electron chi connectivity index (χ0n) is 10.2. The third-order valence-corrected chi connectivity index (χ3v) is 3.06. The smallest absolute Gasteiger partial charge is 0.320 e. The Balaban J connectivity index is 2.52. The number of hydrogen-bond donors (Lipinski definition) is 3. The lowest BCUT2D eigenvalue weighted by atomic mass is 10.0. The molecule has 0 amide bonds. The van der Waals surface area contributed by atoms with Gasteiger partial charge in [0.2, 0.25) is 0 Å². The topological polar surface area (TPSA) is 122 Å². The lowest BCUT2D eigenvalue weighted by Gasteiger charge is -2.06. The number of aromatic nitrogens is 1. The van der Waals surface area contributed by atoms with Crippen molar-refractivity contribution in [2.45, 2.75) is 19.4 Å². The van der Waals surface area contributed by atoms with Gasteiger partial charge in [0.25, 0.3) is 5.69 Å². The summed E-state index contributed by atoms with van der Waals surface area (Å²) in [5.74, 6) is -1.10. The lowest BCUT2D eigenvalue weighted by molar-refractivity contribution is -0.384. The van der Waals surface area contributed by atoms with Gasteiger partial charge < -0.3 is 15.8 Å². The summed E-state index contributed by atoms with van der Waals surface area (Å²) < 4.78 is 0. The number of nitrogens with zero attached hydrogens (tertiary/aromatic N) is 1. The number of aryl methyl sites for hydroxylation is 1. The number of nitro benzene ring substituents is 1. The number of nitrogens with one attached hydrogen (secondary N) is 1. The molecule has 7 heteroatoms. The van der Waals surface area contributed by atoms with Crippen molar-refractivity contribution in [1.82, 2.24) is 4.98 Å². The van der Waals surface area contributed by atoms with Gasteiger partial charge in [0.15, 0.2) is 0 Å². The summed E-state index contributed by atoms with van der Waals surface area (Å²) in [6.07, 6.45) is 0.127. The van der Waals surface area contributed by atoms with Gasteiger partial charge in [-0.1, -0.05) is 0 Å². The fourth-order valence-corrected chi connectivity index (χ4v) is 2.05. The molecule has 0 radical (unpaired) electrons. The quantitative estimate of drug-likeness (QED) is 0.567. The summed E-state index contributed by atoms with van der Waals surface area (Å²) in [4.78, 5) is 24.2. The summed E-state index contributed by atoms with van der Waals surface area (Å²) in [5.41, 5.74) is 7.69. The van der Waals surface area contributed by atoms with Crippen LogP contribution in [-0.2, 0) is 11.2 Å². The highest BCUT2D eigenvalue weighted by molar-refractivity contribution is 5.87. The van der Waals surface area contributed by atoms with Gasteiger partial charge in [0.05, 0.1) is 4.92 Å². The van der Waals surface area contributed by atoms with E-state index < -0.39 is 16.9 Å². The molecule has 0 aliphatic rings.